The number of esters is 1. The van der Waals surface area contributed by atoms with E-state index in [-0.39, 0.29) is 12.5 Å². The van der Waals surface area contributed by atoms with Crippen molar-refractivity contribution in [3.8, 4) is 0 Å². The van der Waals surface area contributed by atoms with Crippen LogP contribution in [0, 0.1) is 0 Å². The fourth-order valence-corrected chi connectivity index (χ4v) is 1.35. The monoisotopic (exact) mass is 236 g/mol. The minimum absolute atomic E-state index is 0.0382. The lowest BCUT2D eigenvalue weighted by Crippen LogP contribution is -2.17. The van der Waals surface area contributed by atoms with Crippen LogP contribution in [0.2, 0.25) is 0 Å². The molecular weight excluding hydrogens is 224 g/mol. The second kappa shape index (κ2) is 4.73. The van der Waals surface area contributed by atoms with Gasteiger partial charge in [0, 0.05) is 7.05 Å². The number of anilines is 1. The number of rotatable bonds is 4. The quantitative estimate of drug-likeness (QED) is 0.730. The van der Waals surface area contributed by atoms with E-state index < -0.39 is 0 Å². The van der Waals surface area contributed by atoms with Gasteiger partial charge < -0.3 is 10.1 Å². The Morgan fingerprint density at radius 3 is 3.12 bits per heavy atom. The number of ether oxygens (including phenoxy) is 1. The van der Waals surface area contributed by atoms with E-state index in [0.29, 0.717) is 23.6 Å². The standard InChI is InChI=1S/C9H12N6O2/c1-3-17-6(16)4-10-8-7-9(12-5-11-8)15(2)14-13-7/h5H,3-4H2,1-2H3,(H,10,11,12). The number of hydrogen-bond acceptors (Lipinski definition) is 7. The normalized spacial score (nSPS) is 10.5. The molecule has 0 radical (unpaired) electrons. The topological polar surface area (TPSA) is 94.8 Å². The van der Waals surface area contributed by atoms with Gasteiger partial charge in [-0.25, -0.2) is 14.6 Å². The summed E-state index contributed by atoms with van der Waals surface area (Å²) in [5, 5.41) is 10.6. The molecule has 0 saturated heterocycles. The number of aryl methyl sites for hydroxylation is 1. The lowest BCUT2D eigenvalue weighted by atomic mass is 10.4. The lowest BCUT2D eigenvalue weighted by molar-refractivity contribution is -0.140. The molecule has 1 N–H and O–H groups in total. The smallest absolute Gasteiger partial charge is 0.325 e. The van der Waals surface area contributed by atoms with Gasteiger partial charge in [-0.2, -0.15) is 0 Å². The predicted molar refractivity (Wildman–Crippen MR) is 59.2 cm³/mol. The van der Waals surface area contributed by atoms with Crippen LogP contribution < -0.4 is 5.32 Å². The zero-order chi connectivity index (χ0) is 12.3. The first-order valence-corrected chi connectivity index (χ1v) is 5.12. The fraction of sp³-hybridized carbons (Fsp3) is 0.444. The minimum Gasteiger partial charge on any atom is -0.465 e. The van der Waals surface area contributed by atoms with E-state index in [1.807, 2.05) is 0 Å². The maximum atomic E-state index is 11.2. The summed E-state index contributed by atoms with van der Waals surface area (Å²) < 4.78 is 6.33. The highest BCUT2D eigenvalue weighted by atomic mass is 16.5. The van der Waals surface area contributed by atoms with Crippen molar-refractivity contribution in [2.45, 2.75) is 6.92 Å². The van der Waals surface area contributed by atoms with E-state index in [4.69, 9.17) is 4.74 Å². The molecule has 2 rings (SSSR count). The number of carbonyl (C=O) groups is 1. The van der Waals surface area contributed by atoms with Crippen molar-refractivity contribution in [1.29, 1.82) is 0 Å². The second-order valence-electron chi connectivity index (χ2n) is 3.27. The molecule has 0 aliphatic carbocycles. The molecule has 0 fully saturated rings. The van der Waals surface area contributed by atoms with Crippen molar-refractivity contribution in [2.75, 3.05) is 18.5 Å². The Hall–Kier alpha value is -2.25. The third-order valence-electron chi connectivity index (χ3n) is 2.09. The number of nitrogens with one attached hydrogen (secondary N) is 1. The Labute approximate surface area is 97.0 Å². The highest BCUT2D eigenvalue weighted by Crippen LogP contribution is 2.14. The van der Waals surface area contributed by atoms with Crippen molar-refractivity contribution < 1.29 is 9.53 Å². The number of nitrogens with zero attached hydrogens (tertiary/aromatic N) is 5. The van der Waals surface area contributed by atoms with E-state index in [1.165, 1.54) is 11.0 Å². The number of fused-ring (bicyclic) bond motifs is 1. The van der Waals surface area contributed by atoms with E-state index in [2.05, 4.69) is 25.6 Å². The Bertz CT molecular complexity index is 537. The van der Waals surface area contributed by atoms with Crippen LogP contribution in [-0.4, -0.2) is 44.1 Å². The summed E-state index contributed by atoms with van der Waals surface area (Å²) in [6.45, 7) is 2.14. The van der Waals surface area contributed by atoms with Gasteiger partial charge in [-0.1, -0.05) is 5.21 Å². The van der Waals surface area contributed by atoms with Crippen LogP contribution >= 0.6 is 0 Å². The van der Waals surface area contributed by atoms with E-state index in [1.54, 1.807) is 14.0 Å². The molecule has 0 bridgehead atoms. The number of hydrogen-bond donors (Lipinski definition) is 1. The van der Waals surface area contributed by atoms with Crippen LogP contribution in [0.4, 0.5) is 5.82 Å². The molecule has 0 amide bonds. The maximum absolute atomic E-state index is 11.2. The third-order valence-corrected chi connectivity index (χ3v) is 2.09. The molecule has 0 aliphatic heterocycles. The van der Waals surface area contributed by atoms with Crippen LogP contribution in [0.5, 0.6) is 0 Å². The summed E-state index contributed by atoms with van der Waals surface area (Å²) in [6, 6.07) is 0. The predicted octanol–water partition coefficient (Wildman–Crippen LogP) is -0.267. The van der Waals surface area contributed by atoms with Gasteiger partial charge >= 0.3 is 5.97 Å². The first-order valence-electron chi connectivity index (χ1n) is 5.12. The average molecular weight is 236 g/mol. The Kier molecular flexibility index (Phi) is 3.12. The van der Waals surface area contributed by atoms with Crippen molar-refractivity contribution in [2.24, 2.45) is 7.05 Å². The van der Waals surface area contributed by atoms with Gasteiger partial charge in [-0.3, -0.25) is 4.79 Å². The molecule has 0 unspecified atom stereocenters. The highest BCUT2D eigenvalue weighted by molar-refractivity contribution is 5.84. The molecule has 0 spiro atoms. The molecule has 2 aromatic rings. The zero-order valence-corrected chi connectivity index (χ0v) is 9.54. The van der Waals surface area contributed by atoms with E-state index in [9.17, 15) is 4.79 Å². The van der Waals surface area contributed by atoms with Crippen molar-refractivity contribution in [3.05, 3.63) is 6.33 Å². The van der Waals surface area contributed by atoms with Crippen LogP contribution in [-0.2, 0) is 16.6 Å². The fourth-order valence-electron chi connectivity index (χ4n) is 1.35. The van der Waals surface area contributed by atoms with Gasteiger partial charge in [0.1, 0.15) is 12.9 Å². The first-order chi connectivity index (χ1) is 8.22. The molecule has 17 heavy (non-hydrogen) atoms. The second-order valence-corrected chi connectivity index (χ2v) is 3.27. The van der Waals surface area contributed by atoms with Crippen LogP contribution in [0.15, 0.2) is 6.33 Å². The summed E-state index contributed by atoms with van der Waals surface area (Å²) in [4.78, 5) is 19.2. The molecule has 8 heteroatoms. The van der Waals surface area contributed by atoms with Crippen LogP contribution in [0.1, 0.15) is 6.92 Å². The van der Waals surface area contributed by atoms with Gasteiger partial charge in [0.25, 0.3) is 0 Å². The number of aromatic nitrogens is 5. The molecule has 2 heterocycles. The van der Waals surface area contributed by atoms with Crippen molar-refractivity contribution in [1.82, 2.24) is 25.0 Å². The molecule has 8 nitrogen and oxygen atoms in total. The molecule has 0 atom stereocenters. The van der Waals surface area contributed by atoms with E-state index >= 15 is 0 Å². The summed E-state index contributed by atoms with van der Waals surface area (Å²) >= 11 is 0. The van der Waals surface area contributed by atoms with Crippen molar-refractivity contribution in [3.63, 3.8) is 0 Å². The summed E-state index contributed by atoms with van der Waals surface area (Å²) in [6.07, 6.45) is 1.39. The van der Waals surface area contributed by atoms with Gasteiger partial charge in [0.2, 0.25) is 0 Å². The van der Waals surface area contributed by atoms with Crippen LogP contribution in [0.3, 0.4) is 0 Å². The molecule has 0 saturated carbocycles. The van der Waals surface area contributed by atoms with Gasteiger partial charge in [-0.05, 0) is 6.92 Å². The van der Waals surface area contributed by atoms with E-state index in [0.717, 1.165) is 0 Å². The van der Waals surface area contributed by atoms with Gasteiger partial charge in [0.05, 0.1) is 6.61 Å². The van der Waals surface area contributed by atoms with Crippen molar-refractivity contribution >= 4 is 23.0 Å². The summed E-state index contributed by atoms with van der Waals surface area (Å²) in [7, 11) is 1.73. The SMILES string of the molecule is CCOC(=O)CNc1ncnc2c1nnn2C. The first kappa shape index (κ1) is 11.2. The summed E-state index contributed by atoms with van der Waals surface area (Å²) in [5.41, 5.74) is 1.13. The average Bonchev–Trinajstić information content (AvgIpc) is 2.70. The number of carbonyl (C=O) groups excluding carboxylic acids is 1. The van der Waals surface area contributed by atoms with Gasteiger partial charge in [0.15, 0.2) is 17.0 Å². The molecule has 90 valence electrons. The highest BCUT2D eigenvalue weighted by Gasteiger charge is 2.10. The molecule has 2 aromatic heterocycles. The third kappa shape index (κ3) is 2.30. The minimum atomic E-state index is -0.344. The zero-order valence-electron chi connectivity index (χ0n) is 9.54. The summed E-state index contributed by atoms with van der Waals surface area (Å²) in [5.74, 6) is 0.124. The maximum Gasteiger partial charge on any atom is 0.325 e. The Morgan fingerprint density at radius 2 is 2.35 bits per heavy atom. The Balaban J connectivity index is 2.16. The largest absolute Gasteiger partial charge is 0.465 e. The molecule has 0 aromatic carbocycles. The lowest BCUT2D eigenvalue weighted by Gasteiger charge is -2.04. The van der Waals surface area contributed by atoms with Crippen LogP contribution in [0.25, 0.3) is 11.2 Å². The van der Waals surface area contributed by atoms with Gasteiger partial charge in [-0.15, -0.1) is 5.10 Å². The Morgan fingerprint density at radius 1 is 1.53 bits per heavy atom. The molecule has 0 aliphatic rings. The molecular formula is C9H12N6O2.